The van der Waals surface area contributed by atoms with Gasteiger partial charge < -0.3 is 14.3 Å². The Morgan fingerprint density at radius 1 is 0.929 bits per heavy atom. The summed E-state index contributed by atoms with van der Waals surface area (Å²) in [4.78, 5) is 4.92. The van der Waals surface area contributed by atoms with Crippen LogP contribution in [0.25, 0.3) is 22.3 Å². The predicted molar refractivity (Wildman–Crippen MR) is 110 cm³/mol. The third-order valence-corrected chi connectivity index (χ3v) is 4.72. The zero-order valence-electron chi connectivity index (χ0n) is 15.8. The molecule has 0 amide bonds. The molecule has 4 nitrogen and oxygen atoms in total. The molecule has 0 unspecified atom stereocenters. The second-order valence-corrected chi connectivity index (χ2v) is 6.62. The number of nitrogens with zero attached hydrogens (tertiary/aromatic N) is 1. The number of rotatable bonds is 4. The van der Waals surface area contributed by atoms with Gasteiger partial charge in [-0.25, -0.2) is 0 Å². The van der Waals surface area contributed by atoms with Crippen molar-refractivity contribution in [1.29, 1.82) is 0 Å². The van der Waals surface area contributed by atoms with Gasteiger partial charge in [0.2, 0.25) is 0 Å². The Hall–Kier alpha value is -3.53. The van der Waals surface area contributed by atoms with E-state index >= 15 is 0 Å². The van der Waals surface area contributed by atoms with Gasteiger partial charge in [0.05, 0.1) is 18.5 Å². The number of ether oxygens (including phenoxy) is 1. The average molecular weight is 371 g/mol. The summed E-state index contributed by atoms with van der Waals surface area (Å²) >= 11 is 0. The first-order valence-corrected chi connectivity index (χ1v) is 9.14. The van der Waals surface area contributed by atoms with Crippen LogP contribution in [0.2, 0.25) is 0 Å². The Kier molecular flexibility index (Phi) is 4.85. The molecule has 4 rings (SSSR count). The van der Waals surface area contributed by atoms with Gasteiger partial charge in [-0.1, -0.05) is 30.3 Å². The summed E-state index contributed by atoms with van der Waals surface area (Å²) in [6, 6.07) is 24.8. The van der Waals surface area contributed by atoms with Crippen LogP contribution in [0.3, 0.4) is 0 Å². The van der Waals surface area contributed by atoms with Crippen molar-refractivity contribution in [3.05, 3.63) is 89.8 Å². The molecule has 3 aromatic carbocycles. The maximum atomic E-state index is 9.95. The molecule has 0 aliphatic rings. The van der Waals surface area contributed by atoms with Crippen LogP contribution < -0.4 is 10.1 Å². The minimum atomic E-state index is -0.0298. The Balaban J connectivity index is 1.89. The van der Waals surface area contributed by atoms with Gasteiger partial charge in [-0.3, -0.25) is 4.99 Å². The maximum absolute atomic E-state index is 9.95. The van der Waals surface area contributed by atoms with Crippen molar-refractivity contribution in [3.63, 3.8) is 0 Å². The highest BCUT2D eigenvalue weighted by Crippen LogP contribution is 2.26. The van der Waals surface area contributed by atoms with Gasteiger partial charge in [0.1, 0.15) is 22.8 Å². The van der Waals surface area contributed by atoms with Crippen molar-refractivity contribution >= 4 is 11.0 Å². The lowest BCUT2D eigenvalue weighted by molar-refractivity contribution is 0.415. The molecular weight excluding hydrogens is 350 g/mol. The van der Waals surface area contributed by atoms with Crippen molar-refractivity contribution in [3.8, 4) is 22.8 Å². The van der Waals surface area contributed by atoms with Crippen LogP contribution in [0.15, 0.2) is 88.3 Å². The molecule has 28 heavy (non-hydrogen) atoms. The smallest absolute Gasteiger partial charge is 0.137 e. The van der Waals surface area contributed by atoms with E-state index in [1.165, 1.54) is 0 Å². The Labute approximate surface area is 163 Å². The molecule has 140 valence electrons. The lowest BCUT2D eigenvalue weighted by atomic mass is 10.1. The van der Waals surface area contributed by atoms with E-state index in [-0.39, 0.29) is 11.8 Å². The van der Waals surface area contributed by atoms with Crippen LogP contribution in [-0.4, -0.2) is 12.2 Å². The van der Waals surface area contributed by atoms with Gasteiger partial charge >= 0.3 is 0 Å². The summed E-state index contributed by atoms with van der Waals surface area (Å²) < 4.78 is 11.3. The first-order chi connectivity index (χ1) is 13.6. The summed E-state index contributed by atoms with van der Waals surface area (Å²) in [6.07, 6.45) is 0. The molecule has 0 fully saturated rings. The standard InChI is InChI=1S/C24H21NO3/c1-16(17-6-4-3-5-7-17)25-22-15-24(18-8-11-20(27-2)12-9-18)28-23-13-10-19(26)14-21(22)23/h3-16,26H,1-2H3/t16-/m1/s1. The summed E-state index contributed by atoms with van der Waals surface area (Å²) in [5.41, 5.74) is 2.73. The lowest BCUT2D eigenvalue weighted by Crippen LogP contribution is -2.06. The van der Waals surface area contributed by atoms with Gasteiger partial charge in [-0.15, -0.1) is 0 Å². The molecule has 1 heterocycles. The Morgan fingerprint density at radius 3 is 2.39 bits per heavy atom. The number of methoxy groups -OCH3 is 1. The van der Waals surface area contributed by atoms with Crippen LogP contribution in [0.1, 0.15) is 18.5 Å². The molecule has 4 heteroatoms. The number of benzene rings is 3. The molecule has 1 aromatic heterocycles. The van der Waals surface area contributed by atoms with Crippen LogP contribution in [0.4, 0.5) is 0 Å². The predicted octanol–water partition coefficient (Wildman–Crippen LogP) is 5.48. The molecule has 0 aliphatic carbocycles. The lowest BCUT2D eigenvalue weighted by Gasteiger charge is -2.09. The summed E-state index contributed by atoms with van der Waals surface area (Å²) in [5.74, 6) is 1.68. The van der Waals surface area contributed by atoms with Gasteiger partial charge in [0, 0.05) is 17.0 Å². The monoisotopic (exact) mass is 371 g/mol. The second-order valence-electron chi connectivity index (χ2n) is 6.62. The number of phenolic OH excluding ortho intramolecular Hbond substituents is 1. The molecule has 0 bridgehead atoms. The third-order valence-electron chi connectivity index (χ3n) is 4.72. The van der Waals surface area contributed by atoms with Gasteiger partial charge in [0.15, 0.2) is 0 Å². The molecule has 0 radical (unpaired) electrons. The molecular formula is C24H21NO3. The third kappa shape index (κ3) is 3.62. The van der Waals surface area contributed by atoms with Crippen LogP contribution in [0.5, 0.6) is 11.5 Å². The average Bonchev–Trinajstić information content (AvgIpc) is 2.74. The highest BCUT2D eigenvalue weighted by atomic mass is 16.5. The Bertz CT molecular complexity index is 1160. The molecule has 0 spiro atoms. The number of aromatic hydroxyl groups is 1. The fourth-order valence-corrected chi connectivity index (χ4v) is 3.18. The zero-order valence-corrected chi connectivity index (χ0v) is 15.8. The van der Waals surface area contributed by atoms with Crippen molar-refractivity contribution in [2.45, 2.75) is 13.0 Å². The van der Waals surface area contributed by atoms with Crippen molar-refractivity contribution in [2.75, 3.05) is 7.11 Å². The van der Waals surface area contributed by atoms with Crippen molar-refractivity contribution in [1.82, 2.24) is 0 Å². The van der Waals surface area contributed by atoms with Crippen LogP contribution >= 0.6 is 0 Å². The Morgan fingerprint density at radius 2 is 1.68 bits per heavy atom. The van der Waals surface area contributed by atoms with Gasteiger partial charge in [-0.05, 0) is 55.0 Å². The zero-order chi connectivity index (χ0) is 19.5. The van der Waals surface area contributed by atoms with Crippen molar-refractivity contribution < 1.29 is 14.3 Å². The fourth-order valence-electron chi connectivity index (χ4n) is 3.18. The van der Waals surface area contributed by atoms with E-state index in [1.54, 1.807) is 25.3 Å². The summed E-state index contributed by atoms with van der Waals surface area (Å²) in [7, 11) is 1.64. The molecule has 0 saturated heterocycles. The normalized spacial score (nSPS) is 12.9. The van der Waals surface area contributed by atoms with E-state index in [0.717, 1.165) is 27.6 Å². The summed E-state index contributed by atoms with van der Waals surface area (Å²) in [5, 5.41) is 11.5. The highest BCUT2D eigenvalue weighted by Gasteiger charge is 2.09. The fraction of sp³-hybridized carbons (Fsp3) is 0.125. The molecule has 1 N–H and O–H groups in total. The van der Waals surface area contributed by atoms with E-state index in [2.05, 4.69) is 19.1 Å². The minimum Gasteiger partial charge on any atom is -0.508 e. The first-order valence-electron chi connectivity index (χ1n) is 9.14. The van der Waals surface area contributed by atoms with E-state index in [4.69, 9.17) is 14.1 Å². The molecule has 4 aromatic rings. The molecule has 0 saturated carbocycles. The summed E-state index contributed by atoms with van der Waals surface area (Å²) in [6.45, 7) is 2.06. The SMILES string of the molecule is COc1ccc(-c2cc(=N[C@H](C)c3ccccc3)c3cc(O)ccc3o2)cc1. The van der Waals surface area contributed by atoms with E-state index in [0.29, 0.717) is 11.3 Å². The van der Waals surface area contributed by atoms with Crippen LogP contribution in [0, 0.1) is 0 Å². The number of hydrogen-bond donors (Lipinski definition) is 1. The number of phenols is 1. The largest absolute Gasteiger partial charge is 0.508 e. The van der Waals surface area contributed by atoms with Crippen molar-refractivity contribution in [2.24, 2.45) is 4.99 Å². The maximum Gasteiger partial charge on any atom is 0.137 e. The van der Waals surface area contributed by atoms with E-state index < -0.39 is 0 Å². The topological polar surface area (TPSA) is 55.0 Å². The second kappa shape index (κ2) is 7.61. The highest BCUT2D eigenvalue weighted by molar-refractivity contribution is 5.80. The number of hydrogen-bond acceptors (Lipinski definition) is 4. The van der Waals surface area contributed by atoms with E-state index in [9.17, 15) is 5.11 Å². The van der Waals surface area contributed by atoms with Crippen LogP contribution in [-0.2, 0) is 0 Å². The number of fused-ring (bicyclic) bond motifs is 1. The first kappa shape index (κ1) is 17.9. The van der Waals surface area contributed by atoms with Gasteiger partial charge in [-0.2, -0.15) is 0 Å². The quantitative estimate of drug-likeness (QED) is 0.517. The molecule has 1 atom stereocenters. The minimum absolute atomic E-state index is 0.0298. The molecule has 0 aliphatic heterocycles. The van der Waals surface area contributed by atoms with Gasteiger partial charge in [0.25, 0.3) is 0 Å². The van der Waals surface area contributed by atoms with E-state index in [1.807, 2.05) is 48.5 Å².